The molecular weight excluding hydrogens is 1430 g/mol. The third-order valence-electron chi connectivity index (χ3n) is 23.4. The molecule has 118 heavy (non-hydrogen) atoms. The molecule has 2 aromatic heterocycles. The van der Waals surface area contributed by atoms with Crippen LogP contribution in [0.5, 0.6) is 0 Å². The molecule has 0 saturated carbocycles. The van der Waals surface area contributed by atoms with Crippen molar-refractivity contribution in [2.24, 2.45) is 0 Å². The van der Waals surface area contributed by atoms with Crippen LogP contribution < -0.4 is 0 Å². The minimum absolute atomic E-state index is 0.622. The maximum absolute atomic E-state index is 10.1. The first-order chi connectivity index (χ1) is 58.4. The van der Waals surface area contributed by atoms with Crippen LogP contribution in [0, 0.1) is 22.7 Å². The summed E-state index contributed by atoms with van der Waals surface area (Å²) in [5.74, 6) is 3.81. The monoisotopic (exact) mass is 1500 g/mol. The summed E-state index contributed by atoms with van der Waals surface area (Å²) < 4.78 is 0. The normalized spacial score (nSPS) is 11.5. The molecule has 8 heteroatoms. The second-order valence-electron chi connectivity index (χ2n) is 30.0. The van der Waals surface area contributed by atoms with Crippen LogP contribution >= 0.6 is 0 Å². The van der Waals surface area contributed by atoms with Crippen molar-refractivity contribution < 1.29 is 0 Å². The predicted molar refractivity (Wildman–Crippen MR) is 483 cm³/mol. The summed E-state index contributed by atoms with van der Waals surface area (Å²) in [6.45, 7) is 0. The van der Waals surface area contributed by atoms with Crippen molar-refractivity contribution in [2.45, 2.75) is 0 Å². The number of aromatic nitrogens is 6. The van der Waals surface area contributed by atoms with E-state index < -0.39 is 0 Å². The largest absolute Gasteiger partial charge is 0.208 e. The first-order valence-corrected chi connectivity index (χ1v) is 39.6. The minimum Gasteiger partial charge on any atom is -0.208 e. The summed E-state index contributed by atoms with van der Waals surface area (Å²) in [6.07, 6.45) is 0. The van der Waals surface area contributed by atoms with Gasteiger partial charge in [-0.25, -0.2) is 29.9 Å². The van der Waals surface area contributed by atoms with Crippen molar-refractivity contribution in [3.63, 3.8) is 0 Å². The molecule has 0 spiro atoms. The lowest BCUT2D eigenvalue weighted by atomic mass is 9.85. The molecule has 23 rings (SSSR count). The Hall–Kier alpha value is -16.3. The van der Waals surface area contributed by atoms with E-state index in [2.05, 4.69) is 249 Å². The third kappa shape index (κ3) is 11.6. The van der Waals surface area contributed by atoms with Crippen LogP contribution in [0.3, 0.4) is 0 Å². The molecule has 0 saturated heterocycles. The molecule has 0 N–H and O–H groups in total. The highest BCUT2D eigenvalue weighted by molar-refractivity contribution is 6.27. The molecule has 0 unspecified atom stereocenters. The molecule has 0 atom stereocenters. The Kier molecular flexibility index (Phi) is 16.5. The number of nitrogens with zero attached hydrogens (tertiary/aromatic N) is 8. The summed E-state index contributed by atoms with van der Waals surface area (Å²) in [5.41, 5.74) is 28.3. The summed E-state index contributed by atoms with van der Waals surface area (Å²) in [4.78, 5) is 30.1. The molecule has 8 nitrogen and oxygen atoms in total. The van der Waals surface area contributed by atoms with E-state index in [0.29, 0.717) is 46.1 Å². The van der Waals surface area contributed by atoms with Gasteiger partial charge in [-0.05, 0) is 190 Å². The smallest absolute Gasteiger partial charge is 0.164 e. The second kappa shape index (κ2) is 28.4. The zero-order valence-electron chi connectivity index (χ0n) is 63.5. The van der Waals surface area contributed by atoms with E-state index >= 15 is 0 Å². The second-order valence-corrected chi connectivity index (χ2v) is 30.0. The molecule has 19 aromatic carbocycles. The van der Waals surface area contributed by atoms with Crippen molar-refractivity contribution in [1.82, 2.24) is 29.9 Å². The predicted octanol–water partition coefficient (Wildman–Crippen LogP) is 28.0. The van der Waals surface area contributed by atoms with Crippen molar-refractivity contribution in [1.29, 1.82) is 10.5 Å². The maximum Gasteiger partial charge on any atom is 0.164 e. The van der Waals surface area contributed by atoms with Gasteiger partial charge in [0.2, 0.25) is 0 Å². The van der Waals surface area contributed by atoms with Crippen LogP contribution in [0.15, 0.2) is 388 Å². The fraction of sp³-hybridized carbons (Fsp3) is 0. The van der Waals surface area contributed by atoms with Crippen LogP contribution in [0.25, 0.3) is 233 Å². The van der Waals surface area contributed by atoms with E-state index in [1.165, 1.54) is 77.0 Å². The topological polar surface area (TPSA) is 125 Å². The Morgan fingerprint density at radius 3 is 0.805 bits per heavy atom. The zero-order chi connectivity index (χ0) is 78.3. The Morgan fingerprint density at radius 1 is 0.153 bits per heavy atom. The average Bonchev–Trinajstić information content (AvgIpc) is 1.46. The van der Waals surface area contributed by atoms with E-state index in [4.69, 9.17) is 29.9 Å². The SMILES string of the molecule is N#Cc1cccc2c(-c3ccc4c5c(ccc(-c6cccc(-c7cccc(-c8nc(-c9ccccc9)nc(-c9ccccc9)n8)c7)c6)c35)-c3ccccc3-4)cccc12.N#Cc1cccc2c(-c3ccc4c5c(ccc(-c6cccc7cc8c(-c9nc(-c%10ccccc%10)nc(-c%10ccccc%10)n9)cccc8cc67)c35)-c3ccccc3-4)cccc12. The zero-order valence-corrected chi connectivity index (χ0v) is 63.5. The van der Waals surface area contributed by atoms with Crippen molar-refractivity contribution in [3.05, 3.63) is 399 Å². The van der Waals surface area contributed by atoms with Crippen molar-refractivity contribution in [2.75, 3.05) is 0 Å². The lowest BCUT2D eigenvalue weighted by Crippen LogP contribution is -2.00. The number of hydrogen-bond donors (Lipinski definition) is 0. The maximum atomic E-state index is 10.1. The standard InChI is InChI=1S/C56H32N4.C54H32N4/c57-33-38-19-11-23-40-39(38)22-12-25-43(40)47-28-27-45-41-20-7-8-21-42(41)46-29-30-48(53(47)52(45)46)44-24-9-17-36-32-51-37(31-50(36)44)18-10-26-49(51)56-59-54(34-13-3-1-4-14-34)58-55(60-56)35-15-5-2-6-16-35;55-33-40-21-11-25-43-41(40)24-12-26-46(43)47-29-30-49-45-23-8-7-22-44(45)48-28-27-42(50(47)51(48)49)38-19-9-17-36(31-38)37-18-10-20-39(32-37)54-57-52(34-13-3-1-4-14-34)56-53(58-54)35-15-5-2-6-16-35/h1-32H;1-32H. The van der Waals surface area contributed by atoms with Gasteiger partial charge >= 0.3 is 0 Å². The van der Waals surface area contributed by atoms with Gasteiger partial charge in [0.15, 0.2) is 34.9 Å². The number of fused-ring (bicyclic) bond motifs is 10. The highest BCUT2D eigenvalue weighted by Crippen LogP contribution is 2.56. The molecule has 0 amide bonds. The Bertz CT molecular complexity index is 7650. The quantitative estimate of drug-likeness (QED) is 0.117. The van der Waals surface area contributed by atoms with Gasteiger partial charge in [-0.2, -0.15) is 10.5 Å². The van der Waals surface area contributed by atoms with Gasteiger partial charge in [0.1, 0.15) is 0 Å². The Labute approximate surface area is 680 Å². The van der Waals surface area contributed by atoms with Crippen LogP contribution in [0.2, 0.25) is 0 Å². The minimum atomic E-state index is 0.622. The lowest BCUT2D eigenvalue weighted by Gasteiger charge is -2.18. The fourth-order valence-corrected chi connectivity index (χ4v) is 18.0. The molecule has 2 aliphatic carbocycles. The van der Waals surface area contributed by atoms with E-state index in [1.54, 1.807) is 0 Å². The van der Waals surface area contributed by atoms with E-state index in [1.807, 2.05) is 152 Å². The number of hydrogen-bond acceptors (Lipinski definition) is 8. The summed E-state index contributed by atoms with van der Waals surface area (Å²) in [6, 6.07) is 141. The van der Waals surface area contributed by atoms with Gasteiger partial charge in [0.25, 0.3) is 0 Å². The molecule has 0 aliphatic heterocycles. The molecule has 544 valence electrons. The summed E-state index contributed by atoms with van der Waals surface area (Å²) >= 11 is 0. The highest BCUT2D eigenvalue weighted by atomic mass is 15.0. The first-order valence-electron chi connectivity index (χ1n) is 39.6. The molecule has 0 bridgehead atoms. The van der Waals surface area contributed by atoms with Gasteiger partial charge in [0.05, 0.1) is 23.3 Å². The number of benzene rings is 19. The summed E-state index contributed by atoms with van der Waals surface area (Å²) in [5, 5.41) is 33.5. The van der Waals surface area contributed by atoms with Gasteiger partial charge in [-0.15, -0.1) is 0 Å². The summed E-state index contributed by atoms with van der Waals surface area (Å²) in [7, 11) is 0. The molecular formula is C110H64N8. The van der Waals surface area contributed by atoms with Gasteiger partial charge in [-0.3, -0.25) is 0 Å². The Morgan fingerprint density at radius 2 is 0.407 bits per heavy atom. The first kappa shape index (κ1) is 68.5. The van der Waals surface area contributed by atoms with Crippen molar-refractivity contribution in [3.8, 4) is 181 Å². The lowest BCUT2D eigenvalue weighted by molar-refractivity contribution is 1.07. The number of nitriles is 2. The van der Waals surface area contributed by atoms with Crippen LogP contribution in [-0.2, 0) is 0 Å². The highest BCUT2D eigenvalue weighted by Gasteiger charge is 2.29. The van der Waals surface area contributed by atoms with Crippen molar-refractivity contribution >= 4 is 64.6 Å². The molecule has 0 fully saturated rings. The Balaban J connectivity index is 0.000000142. The fourth-order valence-electron chi connectivity index (χ4n) is 18.0. The van der Waals surface area contributed by atoms with Gasteiger partial charge in [-0.1, -0.05) is 352 Å². The molecule has 2 heterocycles. The van der Waals surface area contributed by atoms with Gasteiger partial charge < -0.3 is 0 Å². The average molecular weight is 1500 g/mol. The van der Waals surface area contributed by atoms with E-state index in [0.717, 1.165) is 121 Å². The van der Waals surface area contributed by atoms with E-state index in [-0.39, 0.29) is 0 Å². The molecule has 0 radical (unpaired) electrons. The van der Waals surface area contributed by atoms with E-state index in [9.17, 15) is 10.5 Å². The van der Waals surface area contributed by atoms with Crippen LogP contribution in [0.4, 0.5) is 0 Å². The van der Waals surface area contributed by atoms with Gasteiger partial charge in [0, 0.05) is 44.2 Å². The molecule has 2 aliphatic rings. The third-order valence-corrected chi connectivity index (χ3v) is 23.4. The van der Waals surface area contributed by atoms with Crippen LogP contribution in [-0.4, -0.2) is 29.9 Å². The number of rotatable bonds is 11. The van der Waals surface area contributed by atoms with Crippen LogP contribution in [0.1, 0.15) is 11.1 Å². The molecule has 21 aromatic rings.